The highest BCUT2D eigenvalue weighted by Crippen LogP contribution is 2.24. The summed E-state index contributed by atoms with van der Waals surface area (Å²) in [5.74, 6) is 0.553. The minimum Gasteiger partial charge on any atom is -0.321 e. The summed E-state index contributed by atoms with van der Waals surface area (Å²) in [6, 6.07) is 2.38. The molecule has 1 N–H and O–H groups in total. The Morgan fingerprint density at radius 3 is 2.68 bits per heavy atom. The lowest BCUT2D eigenvalue weighted by molar-refractivity contribution is 0.212. The summed E-state index contributed by atoms with van der Waals surface area (Å²) in [6.07, 6.45) is 11.6. The Hall–Kier alpha value is -2.74. The Balaban J connectivity index is 1.51. The Bertz CT molecular complexity index is 844. The average Bonchev–Trinajstić information content (AvgIpc) is 3.25. The molecule has 130 valence electrons. The Morgan fingerprint density at radius 2 is 1.92 bits per heavy atom. The normalized spacial score (nSPS) is 16.2. The molecule has 1 aliphatic heterocycles. The quantitative estimate of drug-likeness (QED) is 0.785. The van der Waals surface area contributed by atoms with E-state index in [1.54, 1.807) is 17.1 Å². The smallest absolute Gasteiger partial charge is 0.227 e. The predicted octanol–water partition coefficient (Wildman–Crippen LogP) is 2.08. The third kappa shape index (κ3) is 3.53. The fourth-order valence-corrected chi connectivity index (χ4v) is 3.12. The first-order chi connectivity index (χ1) is 12.2. The van der Waals surface area contributed by atoms with Crippen LogP contribution in [0.15, 0.2) is 37.1 Å². The summed E-state index contributed by atoms with van der Waals surface area (Å²) in [6.45, 7) is 2.24. The zero-order chi connectivity index (χ0) is 17.2. The maximum Gasteiger partial charge on any atom is 0.227 e. The number of likely N-dealkylation sites (tertiary alicyclic amines) is 1. The van der Waals surface area contributed by atoms with Crippen molar-refractivity contribution >= 4 is 11.6 Å². The Labute approximate surface area is 146 Å². The lowest BCUT2D eigenvalue weighted by Crippen LogP contribution is -2.31. The van der Waals surface area contributed by atoms with E-state index in [-0.39, 0.29) is 0 Å². The van der Waals surface area contributed by atoms with Gasteiger partial charge in [-0.25, -0.2) is 9.97 Å². The molecule has 0 atom stereocenters. The molecule has 0 unspecified atom stereocenters. The van der Waals surface area contributed by atoms with Crippen molar-refractivity contribution in [3.63, 3.8) is 0 Å². The third-order valence-electron chi connectivity index (χ3n) is 4.58. The van der Waals surface area contributed by atoms with Gasteiger partial charge in [-0.3, -0.25) is 9.36 Å². The fraction of sp³-hybridized carbons (Fsp3) is 0.412. The van der Waals surface area contributed by atoms with Crippen LogP contribution in [0.1, 0.15) is 18.9 Å². The summed E-state index contributed by atoms with van der Waals surface area (Å²) in [5, 5.41) is 11.9. The van der Waals surface area contributed by atoms with Crippen LogP contribution in [0.25, 0.3) is 11.3 Å². The van der Waals surface area contributed by atoms with E-state index in [2.05, 4.69) is 48.3 Å². The summed E-state index contributed by atoms with van der Waals surface area (Å²) < 4.78 is 3.82. The molecule has 3 aromatic rings. The zero-order valence-corrected chi connectivity index (χ0v) is 14.5. The second-order valence-corrected chi connectivity index (χ2v) is 6.54. The van der Waals surface area contributed by atoms with Crippen LogP contribution >= 0.6 is 0 Å². The first kappa shape index (κ1) is 15.8. The number of hydrogen-bond donors (Lipinski definition) is 1. The van der Waals surface area contributed by atoms with Gasteiger partial charge in [0.2, 0.25) is 5.95 Å². The van der Waals surface area contributed by atoms with E-state index in [1.165, 1.54) is 0 Å². The van der Waals surface area contributed by atoms with E-state index in [4.69, 9.17) is 0 Å². The molecule has 0 spiro atoms. The average molecular weight is 338 g/mol. The van der Waals surface area contributed by atoms with Gasteiger partial charge in [0.15, 0.2) is 0 Å². The second kappa shape index (κ2) is 6.64. The van der Waals surface area contributed by atoms with Gasteiger partial charge in [-0.1, -0.05) is 0 Å². The van der Waals surface area contributed by atoms with E-state index in [0.29, 0.717) is 12.0 Å². The minimum absolute atomic E-state index is 0.472. The third-order valence-corrected chi connectivity index (χ3v) is 4.58. The summed E-state index contributed by atoms with van der Waals surface area (Å²) >= 11 is 0. The highest BCUT2D eigenvalue weighted by Gasteiger charge is 2.19. The van der Waals surface area contributed by atoms with Crippen molar-refractivity contribution in [2.75, 3.05) is 25.5 Å². The van der Waals surface area contributed by atoms with E-state index in [9.17, 15) is 0 Å². The maximum atomic E-state index is 4.60. The summed E-state index contributed by atoms with van der Waals surface area (Å²) in [7, 11) is 4.04. The molecule has 8 nitrogen and oxygen atoms in total. The van der Waals surface area contributed by atoms with Gasteiger partial charge in [0.05, 0.1) is 29.8 Å². The predicted molar refractivity (Wildman–Crippen MR) is 95.5 cm³/mol. The number of piperidine rings is 1. The molecular weight excluding hydrogens is 316 g/mol. The van der Waals surface area contributed by atoms with Gasteiger partial charge < -0.3 is 10.2 Å². The van der Waals surface area contributed by atoms with E-state index >= 15 is 0 Å². The first-order valence-corrected chi connectivity index (χ1v) is 8.49. The molecule has 1 aliphatic rings. The topological polar surface area (TPSA) is 76.7 Å². The van der Waals surface area contributed by atoms with Crippen molar-refractivity contribution in [1.82, 2.24) is 34.4 Å². The molecule has 0 aliphatic carbocycles. The molecule has 0 aromatic carbocycles. The lowest BCUT2D eigenvalue weighted by atomic mass is 10.1. The number of nitrogens with zero attached hydrogens (tertiary/aromatic N) is 7. The van der Waals surface area contributed by atoms with E-state index in [1.807, 2.05) is 25.5 Å². The second-order valence-electron chi connectivity index (χ2n) is 6.54. The van der Waals surface area contributed by atoms with Crippen molar-refractivity contribution in [2.45, 2.75) is 18.9 Å². The van der Waals surface area contributed by atoms with Gasteiger partial charge in [-0.15, -0.1) is 0 Å². The Kier molecular flexibility index (Phi) is 4.19. The molecular formula is C17H22N8. The number of hydrogen-bond acceptors (Lipinski definition) is 6. The van der Waals surface area contributed by atoms with E-state index < -0.39 is 0 Å². The van der Waals surface area contributed by atoms with Crippen LogP contribution in [0.4, 0.5) is 11.6 Å². The molecule has 1 saturated heterocycles. The van der Waals surface area contributed by atoms with Gasteiger partial charge in [0.25, 0.3) is 0 Å². The number of nitrogens with one attached hydrogen (secondary N) is 1. The molecule has 1 fully saturated rings. The molecule has 3 aromatic heterocycles. The van der Waals surface area contributed by atoms with Crippen molar-refractivity contribution < 1.29 is 0 Å². The number of aryl methyl sites for hydroxylation is 1. The van der Waals surface area contributed by atoms with Crippen LogP contribution in [0.2, 0.25) is 0 Å². The zero-order valence-electron chi connectivity index (χ0n) is 14.5. The molecule has 25 heavy (non-hydrogen) atoms. The number of aromatic nitrogens is 6. The Morgan fingerprint density at radius 1 is 1.08 bits per heavy atom. The summed E-state index contributed by atoms with van der Waals surface area (Å²) in [4.78, 5) is 11.2. The molecule has 0 amide bonds. The van der Waals surface area contributed by atoms with Crippen molar-refractivity contribution in [1.29, 1.82) is 0 Å². The SMILES string of the molecule is CN1CCC(n2cc(-c3ccnc(Nc4cnn(C)c4)n3)cn2)CC1. The van der Waals surface area contributed by atoms with Crippen LogP contribution in [-0.2, 0) is 7.05 Å². The standard InChI is InChI=1S/C17H22N8/c1-23-7-4-15(5-8-23)25-11-13(9-20-25)16-3-6-18-17(22-16)21-14-10-19-24(2)12-14/h3,6,9-12,15H,4-5,7-8H2,1-2H3,(H,18,21,22). The molecule has 8 heteroatoms. The van der Waals surface area contributed by atoms with Crippen molar-refractivity contribution in [3.05, 3.63) is 37.1 Å². The highest BCUT2D eigenvalue weighted by molar-refractivity contribution is 5.60. The molecule has 0 saturated carbocycles. The van der Waals surface area contributed by atoms with Crippen LogP contribution in [0, 0.1) is 0 Å². The number of rotatable bonds is 4. The highest BCUT2D eigenvalue weighted by atomic mass is 15.3. The van der Waals surface area contributed by atoms with Gasteiger partial charge >= 0.3 is 0 Å². The minimum atomic E-state index is 0.472. The first-order valence-electron chi connectivity index (χ1n) is 8.49. The fourth-order valence-electron chi connectivity index (χ4n) is 3.12. The lowest BCUT2D eigenvalue weighted by Gasteiger charge is -2.28. The van der Waals surface area contributed by atoms with Gasteiger partial charge in [-0.2, -0.15) is 10.2 Å². The van der Waals surface area contributed by atoms with Crippen molar-refractivity contribution in [2.24, 2.45) is 7.05 Å². The van der Waals surface area contributed by atoms with Gasteiger partial charge in [-0.05, 0) is 39.0 Å². The van der Waals surface area contributed by atoms with Crippen LogP contribution in [0.3, 0.4) is 0 Å². The van der Waals surface area contributed by atoms with Crippen molar-refractivity contribution in [3.8, 4) is 11.3 Å². The van der Waals surface area contributed by atoms with Crippen LogP contribution in [-0.4, -0.2) is 54.6 Å². The van der Waals surface area contributed by atoms with E-state index in [0.717, 1.165) is 42.9 Å². The molecule has 0 bridgehead atoms. The molecule has 0 radical (unpaired) electrons. The monoisotopic (exact) mass is 338 g/mol. The van der Waals surface area contributed by atoms with Gasteiger partial charge in [0.1, 0.15) is 0 Å². The molecule has 4 heterocycles. The largest absolute Gasteiger partial charge is 0.321 e. The maximum absolute atomic E-state index is 4.60. The van der Waals surface area contributed by atoms with Crippen LogP contribution in [0.5, 0.6) is 0 Å². The molecule has 4 rings (SSSR count). The number of anilines is 2. The van der Waals surface area contributed by atoms with Gasteiger partial charge in [0, 0.05) is 31.2 Å². The van der Waals surface area contributed by atoms with Crippen LogP contribution < -0.4 is 5.32 Å². The summed E-state index contributed by atoms with van der Waals surface area (Å²) in [5.41, 5.74) is 2.73.